The van der Waals surface area contributed by atoms with Gasteiger partial charge in [0.2, 0.25) is 0 Å². The van der Waals surface area contributed by atoms with Gasteiger partial charge in [0.25, 0.3) is 0 Å². The molecule has 5 heteroatoms. The summed E-state index contributed by atoms with van der Waals surface area (Å²) in [5.41, 5.74) is 0.537. The summed E-state index contributed by atoms with van der Waals surface area (Å²) >= 11 is 4.76. The number of ether oxygens (including phenoxy) is 1. The normalized spacial score (nSPS) is 10.3. The van der Waals surface area contributed by atoms with Crippen LogP contribution in [-0.2, 0) is 4.74 Å². The molecule has 3 nitrogen and oxygen atoms in total. The van der Waals surface area contributed by atoms with E-state index in [0.29, 0.717) is 16.6 Å². The third-order valence-corrected chi connectivity index (χ3v) is 4.19. The van der Waals surface area contributed by atoms with Crippen LogP contribution in [0.15, 0.2) is 56.7 Å². The fourth-order valence-electron chi connectivity index (χ4n) is 1.57. The number of rotatable bonds is 4. The molecule has 2 aromatic rings. The molecule has 0 radical (unpaired) electrons. The van der Waals surface area contributed by atoms with Gasteiger partial charge in [0.15, 0.2) is 0 Å². The third-order valence-electron chi connectivity index (χ3n) is 2.52. The van der Waals surface area contributed by atoms with Gasteiger partial charge in [-0.15, -0.1) is 0 Å². The minimum atomic E-state index is -0.315. The number of carbonyl (C=O) groups is 1. The Balaban J connectivity index is 2.10. The number of benzene rings is 2. The van der Waals surface area contributed by atoms with E-state index < -0.39 is 0 Å². The SMILES string of the molecule is CCOC(=O)c1ccc(Sc2ccc(Br)c(O)c2)cc1. The molecule has 0 saturated heterocycles. The summed E-state index contributed by atoms with van der Waals surface area (Å²) in [6, 6.07) is 12.6. The van der Waals surface area contributed by atoms with Gasteiger partial charge in [0.05, 0.1) is 16.6 Å². The van der Waals surface area contributed by atoms with Crippen LogP contribution in [0.1, 0.15) is 17.3 Å². The number of phenolic OH excluding ortho intramolecular Hbond substituents is 1. The van der Waals surface area contributed by atoms with Gasteiger partial charge >= 0.3 is 5.97 Å². The molecule has 0 amide bonds. The second-order valence-corrected chi connectivity index (χ2v) is 5.96. The molecule has 104 valence electrons. The maximum atomic E-state index is 11.5. The first-order valence-corrected chi connectivity index (χ1v) is 7.64. The van der Waals surface area contributed by atoms with Gasteiger partial charge in [-0.2, -0.15) is 0 Å². The van der Waals surface area contributed by atoms with Gasteiger partial charge in [0.1, 0.15) is 5.75 Å². The maximum Gasteiger partial charge on any atom is 0.338 e. The molecule has 0 aliphatic heterocycles. The second kappa shape index (κ2) is 6.81. The van der Waals surface area contributed by atoms with Crippen LogP contribution in [-0.4, -0.2) is 17.7 Å². The van der Waals surface area contributed by atoms with E-state index in [1.165, 1.54) is 11.8 Å². The van der Waals surface area contributed by atoms with E-state index >= 15 is 0 Å². The Labute approximate surface area is 130 Å². The van der Waals surface area contributed by atoms with Crippen molar-refractivity contribution in [3.05, 3.63) is 52.5 Å². The van der Waals surface area contributed by atoms with E-state index in [0.717, 1.165) is 9.79 Å². The van der Waals surface area contributed by atoms with E-state index in [-0.39, 0.29) is 11.7 Å². The van der Waals surface area contributed by atoms with Crippen molar-refractivity contribution in [2.24, 2.45) is 0 Å². The van der Waals surface area contributed by atoms with Crippen LogP contribution in [0.2, 0.25) is 0 Å². The summed E-state index contributed by atoms with van der Waals surface area (Å²) in [6.07, 6.45) is 0. The number of carbonyl (C=O) groups excluding carboxylic acids is 1. The Bertz CT molecular complexity index is 611. The zero-order chi connectivity index (χ0) is 14.5. The average Bonchev–Trinajstić information content (AvgIpc) is 2.44. The molecular formula is C15H13BrO3S. The highest BCUT2D eigenvalue weighted by molar-refractivity contribution is 9.10. The van der Waals surface area contributed by atoms with Crippen molar-refractivity contribution in [2.45, 2.75) is 16.7 Å². The number of esters is 1. The Hall–Kier alpha value is -1.46. The summed E-state index contributed by atoms with van der Waals surface area (Å²) in [5.74, 6) is -0.108. The predicted molar refractivity (Wildman–Crippen MR) is 82.3 cm³/mol. The first-order chi connectivity index (χ1) is 9.60. The average molecular weight is 353 g/mol. The van der Waals surface area contributed by atoms with Crippen LogP contribution in [0.3, 0.4) is 0 Å². The fraction of sp³-hybridized carbons (Fsp3) is 0.133. The number of phenols is 1. The summed E-state index contributed by atoms with van der Waals surface area (Å²) in [6.45, 7) is 2.15. The lowest BCUT2D eigenvalue weighted by Gasteiger charge is -2.05. The quantitative estimate of drug-likeness (QED) is 0.823. The van der Waals surface area contributed by atoms with E-state index in [1.54, 1.807) is 31.2 Å². The van der Waals surface area contributed by atoms with Crippen molar-refractivity contribution < 1.29 is 14.6 Å². The molecule has 0 atom stereocenters. The summed E-state index contributed by atoms with van der Waals surface area (Å²) < 4.78 is 5.60. The van der Waals surface area contributed by atoms with E-state index in [4.69, 9.17) is 4.74 Å². The molecule has 1 N–H and O–H groups in total. The molecule has 0 aromatic heterocycles. The highest BCUT2D eigenvalue weighted by Gasteiger charge is 2.07. The van der Waals surface area contributed by atoms with Crippen LogP contribution in [0, 0.1) is 0 Å². The second-order valence-electron chi connectivity index (χ2n) is 3.96. The molecule has 2 rings (SSSR count). The zero-order valence-corrected chi connectivity index (χ0v) is 13.2. The van der Waals surface area contributed by atoms with E-state index in [2.05, 4.69) is 15.9 Å². The molecule has 0 unspecified atom stereocenters. The molecule has 0 spiro atoms. The Kier molecular flexibility index (Phi) is 5.09. The van der Waals surface area contributed by atoms with Gasteiger partial charge in [-0.25, -0.2) is 4.79 Å². The molecule has 2 aromatic carbocycles. The van der Waals surface area contributed by atoms with Crippen molar-refractivity contribution in [2.75, 3.05) is 6.61 Å². The smallest absolute Gasteiger partial charge is 0.338 e. The van der Waals surface area contributed by atoms with Crippen molar-refractivity contribution in [3.8, 4) is 5.75 Å². The molecule has 0 fully saturated rings. The minimum absolute atomic E-state index is 0.207. The Morgan fingerprint density at radius 2 is 1.85 bits per heavy atom. The van der Waals surface area contributed by atoms with E-state index in [1.807, 2.05) is 18.2 Å². The van der Waals surface area contributed by atoms with Crippen LogP contribution in [0.4, 0.5) is 0 Å². The lowest BCUT2D eigenvalue weighted by molar-refractivity contribution is 0.0526. The maximum absolute atomic E-state index is 11.5. The van der Waals surface area contributed by atoms with Crippen LogP contribution in [0.25, 0.3) is 0 Å². The molecule has 0 aliphatic rings. The molecule has 0 bridgehead atoms. The van der Waals surface area contributed by atoms with Crippen LogP contribution in [0.5, 0.6) is 5.75 Å². The van der Waals surface area contributed by atoms with Crippen molar-refractivity contribution in [3.63, 3.8) is 0 Å². The lowest BCUT2D eigenvalue weighted by Crippen LogP contribution is -2.03. The summed E-state index contributed by atoms with van der Waals surface area (Å²) in [4.78, 5) is 13.4. The molecule has 0 saturated carbocycles. The van der Waals surface area contributed by atoms with Crippen LogP contribution < -0.4 is 0 Å². The molecule has 20 heavy (non-hydrogen) atoms. The van der Waals surface area contributed by atoms with Gasteiger partial charge in [-0.05, 0) is 65.3 Å². The van der Waals surface area contributed by atoms with Crippen LogP contribution >= 0.6 is 27.7 Å². The molecular weight excluding hydrogens is 340 g/mol. The standard InChI is InChI=1S/C15H13BrO3S/c1-2-19-15(18)10-3-5-11(6-4-10)20-12-7-8-13(16)14(17)9-12/h3-9,17H,2H2,1H3. The minimum Gasteiger partial charge on any atom is -0.507 e. The van der Waals surface area contributed by atoms with Crippen molar-refractivity contribution >= 4 is 33.7 Å². The number of halogens is 1. The summed E-state index contributed by atoms with van der Waals surface area (Å²) in [7, 11) is 0. The number of hydrogen-bond donors (Lipinski definition) is 1. The van der Waals surface area contributed by atoms with Gasteiger partial charge < -0.3 is 9.84 Å². The first-order valence-electron chi connectivity index (χ1n) is 6.03. The van der Waals surface area contributed by atoms with Gasteiger partial charge in [0, 0.05) is 9.79 Å². The molecule has 0 aliphatic carbocycles. The third kappa shape index (κ3) is 3.77. The van der Waals surface area contributed by atoms with Gasteiger partial charge in [-0.3, -0.25) is 0 Å². The van der Waals surface area contributed by atoms with Crippen molar-refractivity contribution in [1.29, 1.82) is 0 Å². The van der Waals surface area contributed by atoms with Gasteiger partial charge in [-0.1, -0.05) is 11.8 Å². The number of hydrogen-bond acceptors (Lipinski definition) is 4. The topological polar surface area (TPSA) is 46.5 Å². The predicted octanol–water partition coefficient (Wildman–Crippen LogP) is 4.48. The lowest BCUT2D eigenvalue weighted by atomic mass is 10.2. The monoisotopic (exact) mass is 352 g/mol. The van der Waals surface area contributed by atoms with Crippen molar-refractivity contribution in [1.82, 2.24) is 0 Å². The summed E-state index contributed by atoms with van der Waals surface area (Å²) in [5, 5.41) is 9.63. The highest BCUT2D eigenvalue weighted by atomic mass is 79.9. The van der Waals surface area contributed by atoms with E-state index in [9.17, 15) is 9.90 Å². The zero-order valence-electron chi connectivity index (χ0n) is 10.8. The molecule has 0 heterocycles. The Morgan fingerprint density at radius 1 is 1.20 bits per heavy atom. The number of aromatic hydroxyl groups is 1. The largest absolute Gasteiger partial charge is 0.507 e. The first kappa shape index (κ1) is 14.9. The highest BCUT2D eigenvalue weighted by Crippen LogP contribution is 2.33. The fourth-order valence-corrected chi connectivity index (χ4v) is 2.66. The Morgan fingerprint density at radius 3 is 2.45 bits per heavy atom.